The van der Waals surface area contributed by atoms with Crippen LogP contribution in [0.1, 0.15) is 45.6 Å². The molecule has 1 fully saturated rings. The number of fused-ring (bicyclic) bond motifs is 9. The highest BCUT2D eigenvalue weighted by atomic mass is 19.3. The topological polar surface area (TPSA) is 98.0 Å². The number of aromatic nitrogens is 5. The van der Waals surface area contributed by atoms with Gasteiger partial charge in [0.15, 0.2) is 0 Å². The van der Waals surface area contributed by atoms with Gasteiger partial charge in [-0.25, -0.2) is 19.5 Å². The summed E-state index contributed by atoms with van der Waals surface area (Å²) in [7, 11) is 1.72. The number of carbonyl (C=O) groups is 1. The zero-order valence-electron chi connectivity index (χ0n) is 20.4. The Bertz CT molecular complexity index is 1550. The molecule has 194 valence electrons. The van der Waals surface area contributed by atoms with Crippen molar-refractivity contribution in [2.45, 2.75) is 25.0 Å². The van der Waals surface area contributed by atoms with Gasteiger partial charge < -0.3 is 19.3 Å². The van der Waals surface area contributed by atoms with E-state index in [0.29, 0.717) is 42.4 Å². The molecule has 38 heavy (non-hydrogen) atoms. The van der Waals surface area contributed by atoms with Crippen molar-refractivity contribution in [3.8, 4) is 17.0 Å². The molecule has 0 N–H and O–H groups in total. The molecule has 0 spiro atoms. The van der Waals surface area contributed by atoms with Gasteiger partial charge in [-0.1, -0.05) is 6.07 Å². The number of morpholine rings is 1. The smallest absolute Gasteiger partial charge is 0.387 e. The van der Waals surface area contributed by atoms with E-state index in [-0.39, 0.29) is 23.6 Å². The molecule has 1 aromatic carbocycles. The number of rotatable bonds is 4. The van der Waals surface area contributed by atoms with E-state index in [2.05, 4.69) is 19.9 Å². The third-order valence-corrected chi connectivity index (χ3v) is 7.59. The van der Waals surface area contributed by atoms with E-state index >= 15 is 0 Å². The highest BCUT2D eigenvalue weighted by molar-refractivity contribution is 5.98. The van der Waals surface area contributed by atoms with Crippen molar-refractivity contribution in [2.24, 2.45) is 0 Å². The molecule has 4 aromatic rings. The number of amides is 1. The predicted molar refractivity (Wildman–Crippen MR) is 131 cm³/mol. The minimum Gasteiger partial charge on any atom is -0.434 e. The van der Waals surface area contributed by atoms with Crippen LogP contribution in [-0.2, 0) is 4.74 Å². The minimum absolute atomic E-state index is 0.0125. The van der Waals surface area contributed by atoms with Gasteiger partial charge in [0.2, 0.25) is 5.95 Å². The summed E-state index contributed by atoms with van der Waals surface area (Å²) in [6.07, 6.45) is 5.64. The van der Waals surface area contributed by atoms with Gasteiger partial charge in [0.05, 0.1) is 36.2 Å². The Morgan fingerprint density at radius 1 is 1.11 bits per heavy atom. The molecule has 1 aliphatic carbocycles. The number of nitrogens with zero attached hydrogens (tertiary/aromatic N) is 7. The summed E-state index contributed by atoms with van der Waals surface area (Å²) in [5.41, 5.74) is 4.65. The highest BCUT2D eigenvalue weighted by Gasteiger charge is 2.46. The van der Waals surface area contributed by atoms with Crippen LogP contribution >= 0.6 is 0 Å². The van der Waals surface area contributed by atoms with Crippen LogP contribution in [0.25, 0.3) is 16.8 Å². The van der Waals surface area contributed by atoms with Crippen LogP contribution in [-0.4, -0.2) is 75.3 Å². The van der Waals surface area contributed by atoms with Crippen molar-refractivity contribution in [2.75, 3.05) is 38.3 Å². The van der Waals surface area contributed by atoms with E-state index in [1.165, 1.54) is 6.07 Å². The number of ether oxygens (including phenoxy) is 2. The van der Waals surface area contributed by atoms with E-state index in [1.807, 2.05) is 6.07 Å². The molecule has 1 saturated heterocycles. The molecule has 2 unspecified atom stereocenters. The van der Waals surface area contributed by atoms with E-state index in [9.17, 15) is 13.6 Å². The van der Waals surface area contributed by atoms with Gasteiger partial charge in [0.1, 0.15) is 12.1 Å². The quantitative estimate of drug-likeness (QED) is 0.405. The van der Waals surface area contributed by atoms with Crippen molar-refractivity contribution in [3.63, 3.8) is 0 Å². The fraction of sp³-hybridized carbons (Fsp3) is 0.346. The third kappa shape index (κ3) is 3.51. The number of anilines is 1. The van der Waals surface area contributed by atoms with Crippen molar-refractivity contribution in [3.05, 3.63) is 65.4 Å². The first-order chi connectivity index (χ1) is 18.5. The van der Waals surface area contributed by atoms with E-state index in [0.717, 1.165) is 35.4 Å². The maximum Gasteiger partial charge on any atom is 0.387 e. The summed E-state index contributed by atoms with van der Waals surface area (Å²) < 4.78 is 38.6. The number of hydrogen-bond acceptors (Lipinski definition) is 8. The van der Waals surface area contributed by atoms with Gasteiger partial charge in [-0.05, 0) is 24.6 Å². The Labute approximate surface area is 215 Å². The van der Waals surface area contributed by atoms with Gasteiger partial charge in [-0.2, -0.15) is 13.9 Å². The van der Waals surface area contributed by atoms with Crippen molar-refractivity contribution in [1.29, 1.82) is 0 Å². The maximum atomic E-state index is 13.3. The molecular formula is C26H23F2N7O3. The monoisotopic (exact) mass is 519 g/mol. The standard InChI is InChI=1S/C26H23F2N7O3/c1-33-19-9-16(21-15(24(33)36)3-2-4-20(21)38-25(27)28)22-18-10-17(31-13-35(18)32-23(19)22)14-11-29-26(30-12-14)34-5-7-37-8-6-34/h2-4,10-13,16,19,25H,5-9H2,1H3. The molecule has 5 heterocycles. The molecule has 10 nitrogen and oxygen atoms in total. The van der Waals surface area contributed by atoms with Gasteiger partial charge in [0.25, 0.3) is 5.91 Å². The molecule has 1 amide bonds. The molecule has 12 heteroatoms. The summed E-state index contributed by atoms with van der Waals surface area (Å²) in [4.78, 5) is 30.6. The van der Waals surface area contributed by atoms with Crippen LogP contribution in [0.4, 0.5) is 14.7 Å². The lowest BCUT2D eigenvalue weighted by Crippen LogP contribution is -2.37. The Morgan fingerprint density at radius 2 is 1.89 bits per heavy atom. The molecule has 2 aliphatic heterocycles. The van der Waals surface area contributed by atoms with Gasteiger partial charge >= 0.3 is 6.61 Å². The van der Waals surface area contributed by atoms with Crippen LogP contribution in [0.2, 0.25) is 0 Å². The van der Waals surface area contributed by atoms with Crippen molar-refractivity contribution >= 4 is 17.4 Å². The van der Waals surface area contributed by atoms with Gasteiger partial charge in [0, 0.05) is 60.7 Å². The molecule has 0 saturated carbocycles. The average molecular weight is 520 g/mol. The van der Waals surface area contributed by atoms with Crippen molar-refractivity contribution in [1.82, 2.24) is 29.5 Å². The number of benzene rings is 1. The molecule has 3 aromatic heterocycles. The molecular weight excluding hydrogens is 496 g/mol. The Balaban J connectivity index is 1.33. The summed E-state index contributed by atoms with van der Waals surface area (Å²) in [5, 5.41) is 4.76. The lowest BCUT2D eigenvalue weighted by atomic mass is 9.88. The fourth-order valence-corrected chi connectivity index (χ4v) is 5.81. The number of hydrogen-bond donors (Lipinski definition) is 0. The fourth-order valence-electron chi connectivity index (χ4n) is 5.81. The first kappa shape index (κ1) is 23.0. The average Bonchev–Trinajstić information content (AvgIpc) is 3.46. The SMILES string of the molecule is CN1C(=O)c2cccc(OC(F)F)c2C2CC1c1nn3cnc(-c4cnc(N5CCOCC5)nc4)cc3c12. The largest absolute Gasteiger partial charge is 0.434 e. The van der Waals surface area contributed by atoms with E-state index in [1.54, 1.807) is 47.3 Å². The first-order valence-corrected chi connectivity index (χ1v) is 12.4. The lowest BCUT2D eigenvalue weighted by Gasteiger charge is -2.26. The lowest BCUT2D eigenvalue weighted by molar-refractivity contribution is -0.0505. The Hall–Kier alpha value is -4.19. The van der Waals surface area contributed by atoms with Gasteiger partial charge in [-0.15, -0.1) is 0 Å². The molecule has 0 radical (unpaired) electrons. The number of carbonyl (C=O) groups excluding carboxylic acids is 1. The van der Waals surface area contributed by atoms with Crippen LogP contribution in [0, 0.1) is 0 Å². The summed E-state index contributed by atoms with van der Waals surface area (Å²) >= 11 is 0. The number of alkyl halides is 2. The minimum atomic E-state index is -3.01. The normalized spacial score (nSPS) is 20.6. The van der Waals surface area contributed by atoms with Crippen LogP contribution in [0.3, 0.4) is 0 Å². The van der Waals surface area contributed by atoms with Gasteiger partial charge in [-0.3, -0.25) is 4.79 Å². The maximum absolute atomic E-state index is 13.3. The first-order valence-electron chi connectivity index (χ1n) is 12.4. The summed E-state index contributed by atoms with van der Waals surface area (Å²) in [5.74, 6) is 0.0653. The molecule has 3 aliphatic rings. The Kier molecular flexibility index (Phi) is 5.25. The summed E-state index contributed by atoms with van der Waals surface area (Å²) in [6, 6.07) is 6.34. The van der Waals surface area contributed by atoms with Crippen LogP contribution < -0.4 is 9.64 Å². The van der Waals surface area contributed by atoms with Crippen molar-refractivity contribution < 1.29 is 23.0 Å². The number of halogens is 2. The highest BCUT2D eigenvalue weighted by Crippen LogP contribution is 2.53. The molecule has 2 atom stereocenters. The van der Waals surface area contributed by atoms with E-state index < -0.39 is 6.61 Å². The molecule has 2 bridgehead atoms. The van der Waals surface area contributed by atoms with Crippen LogP contribution in [0.5, 0.6) is 5.75 Å². The summed E-state index contributed by atoms with van der Waals surface area (Å²) in [6.45, 7) is -0.236. The zero-order chi connectivity index (χ0) is 26.0. The van der Waals surface area contributed by atoms with E-state index in [4.69, 9.17) is 14.6 Å². The predicted octanol–water partition coefficient (Wildman–Crippen LogP) is 3.29. The second-order valence-corrected chi connectivity index (χ2v) is 9.59. The molecule has 7 rings (SSSR count). The Morgan fingerprint density at radius 3 is 2.66 bits per heavy atom. The zero-order valence-corrected chi connectivity index (χ0v) is 20.4. The third-order valence-electron chi connectivity index (χ3n) is 7.59. The van der Waals surface area contributed by atoms with Crippen LogP contribution in [0.15, 0.2) is 43.0 Å². The second kappa shape index (κ2) is 8.69. The second-order valence-electron chi connectivity index (χ2n) is 9.59.